The van der Waals surface area contributed by atoms with Gasteiger partial charge in [0, 0.05) is 16.6 Å². The van der Waals surface area contributed by atoms with Gasteiger partial charge >= 0.3 is 0 Å². The van der Waals surface area contributed by atoms with Crippen LogP contribution in [0.2, 0.25) is 5.02 Å². The van der Waals surface area contributed by atoms with Crippen LogP contribution >= 0.6 is 23.2 Å². The van der Waals surface area contributed by atoms with Gasteiger partial charge < -0.3 is 15.4 Å². The van der Waals surface area contributed by atoms with Crippen LogP contribution in [0.25, 0.3) is 0 Å². The molecule has 2 N–H and O–H groups in total. The van der Waals surface area contributed by atoms with Crippen LogP contribution in [-0.2, 0) is 9.59 Å². The Morgan fingerprint density at radius 3 is 2.47 bits per heavy atom. The zero-order valence-electron chi connectivity index (χ0n) is 17.8. The zero-order chi connectivity index (χ0) is 21.7. The lowest BCUT2D eigenvalue weighted by molar-refractivity contribution is -0.140. The second-order valence-electron chi connectivity index (χ2n) is 9.95. The minimum Gasteiger partial charge on any atom is -0.478 e. The second kappa shape index (κ2) is 7.90. The molecule has 1 aromatic carbocycles. The first-order chi connectivity index (χ1) is 14.1. The van der Waals surface area contributed by atoms with E-state index < -0.39 is 5.60 Å². The number of aryl methyl sites for hydroxylation is 1. The van der Waals surface area contributed by atoms with Crippen molar-refractivity contribution in [3.63, 3.8) is 0 Å². The summed E-state index contributed by atoms with van der Waals surface area (Å²) < 4.78 is 6.09. The van der Waals surface area contributed by atoms with Crippen LogP contribution < -0.4 is 15.4 Å². The summed E-state index contributed by atoms with van der Waals surface area (Å²) in [7, 11) is 0. The van der Waals surface area contributed by atoms with Crippen molar-refractivity contribution in [2.45, 2.75) is 70.1 Å². The molecular formula is C23H30Cl2N2O3. The minimum absolute atomic E-state index is 0.00242. The van der Waals surface area contributed by atoms with Gasteiger partial charge in [-0.25, -0.2) is 0 Å². The Bertz CT molecular complexity index is 841. The van der Waals surface area contributed by atoms with E-state index in [1.54, 1.807) is 26.0 Å². The molecule has 4 saturated carbocycles. The average molecular weight is 453 g/mol. The van der Waals surface area contributed by atoms with E-state index in [9.17, 15) is 9.59 Å². The molecule has 164 valence electrons. The number of hydrogen-bond acceptors (Lipinski definition) is 3. The van der Waals surface area contributed by atoms with Crippen molar-refractivity contribution in [2.24, 2.45) is 17.8 Å². The summed E-state index contributed by atoms with van der Waals surface area (Å²) in [6.07, 6.45) is 5.07. The fraction of sp³-hybridized carbons (Fsp3) is 0.652. The number of alkyl halides is 1. The van der Waals surface area contributed by atoms with Crippen LogP contribution in [0.15, 0.2) is 18.2 Å². The topological polar surface area (TPSA) is 67.4 Å². The molecule has 0 radical (unpaired) electrons. The maximum absolute atomic E-state index is 13.2. The monoisotopic (exact) mass is 452 g/mol. The third-order valence-electron chi connectivity index (χ3n) is 7.15. The Hall–Kier alpha value is -1.46. The van der Waals surface area contributed by atoms with Crippen molar-refractivity contribution in [1.29, 1.82) is 0 Å². The number of carbonyl (C=O) groups is 2. The van der Waals surface area contributed by atoms with E-state index in [1.807, 2.05) is 13.0 Å². The first kappa shape index (κ1) is 21.8. The number of halogens is 2. The Kier molecular flexibility index (Phi) is 5.73. The van der Waals surface area contributed by atoms with Gasteiger partial charge in [-0.15, -0.1) is 11.6 Å². The molecule has 30 heavy (non-hydrogen) atoms. The number of amides is 2. The van der Waals surface area contributed by atoms with Gasteiger partial charge in [-0.1, -0.05) is 11.6 Å². The molecule has 4 aliphatic rings. The zero-order valence-corrected chi connectivity index (χ0v) is 19.3. The van der Waals surface area contributed by atoms with E-state index in [0.29, 0.717) is 28.5 Å². The summed E-state index contributed by atoms with van der Waals surface area (Å²) in [5.74, 6) is 1.84. The molecule has 5 nitrogen and oxygen atoms in total. The predicted molar refractivity (Wildman–Crippen MR) is 118 cm³/mol. The van der Waals surface area contributed by atoms with Crippen molar-refractivity contribution >= 4 is 35.0 Å². The molecule has 3 unspecified atom stereocenters. The number of carbonyl (C=O) groups excluding carboxylic acids is 2. The lowest BCUT2D eigenvalue weighted by Crippen LogP contribution is -2.67. The normalized spacial score (nSPS) is 32.0. The summed E-state index contributed by atoms with van der Waals surface area (Å²) in [6, 6.07) is 5.53. The van der Waals surface area contributed by atoms with Crippen LogP contribution in [0.3, 0.4) is 0 Å². The Morgan fingerprint density at radius 1 is 1.20 bits per heavy atom. The molecule has 0 spiro atoms. The maximum Gasteiger partial charge on any atom is 0.263 e. The van der Waals surface area contributed by atoms with Gasteiger partial charge in [-0.3, -0.25) is 9.59 Å². The van der Waals surface area contributed by atoms with Crippen molar-refractivity contribution < 1.29 is 14.3 Å². The molecule has 7 heteroatoms. The Balaban J connectivity index is 1.44. The lowest BCUT2D eigenvalue weighted by Gasteiger charge is -2.60. The predicted octanol–water partition coefficient (Wildman–Crippen LogP) is 4.22. The summed E-state index contributed by atoms with van der Waals surface area (Å²) in [5.41, 5.74) is -0.247. The van der Waals surface area contributed by atoms with Crippen LogP contribution in [0, 0.1) is 24.7 Å². The summed E-state index contributed by atoms with van der Waals surface area (Å²) in [6.45, 7) is 5.52. The summed E-state index contributed by atoms with van der Waals surface area (Å²) >= 11 is 11.8. The van der Waals surface area contributed by atoms with E-state index >= 15 is 0 Å². The average Bonchev–Trinajstić information content (AvgIpc) is 2.65. The number of ether oxygens (including phenoxy) is 1. The standard InChI is InChI=1S/C23H30Cl2N2O3/c1-13-6-17(25)4-5-18(13)30-22(2,3)21(29)26-20-15-7-14-8-16(20)11-23(9-14,10-15)27-19(28)12-24/h4-6,14-16,20H,7-12H2,1-3H3,(H,26,29)(H,27,28)/t14?,15-,16+,20?,23?. The van der Waals surface area contributed by atoms with E-state index in [-0.39, 0.29) is 29.3 Å². The summed E-state index contributed by atoms with van der Waals surface area (Å²) in [4.78, 5) is 25.2. The van der Waals surface area contributed by atoms with Gasteiger partial charge in [0.25, 0.3) is 5.91 Å². The van der Waals surface area contributed by atoms with Crippen molar-refractivity contribution in [1.82, 2.24) is 10.6 Å². The van der Waals surface area contributed by atoms with Gasteiger partial charge in [0.1, 0.15) is 11.6 Å². The molecule has 4 aliphatic carbocycles. The van der Waals surface area contributed by atoms with Crippen LogP contribution in [0.5, 0.6) is 5.75 Å². The van der Waals surface area contributed by atoms with Gasteiger partial charge in [-0.2, -0.15) is 0 Å². The van der Waals surface area contributed by atoms with Gasteiger partial charge in [0.05, 0.1) is 0 Å². The Labute approximate surface area is 188 Å². The Morgan fingerprint density at radius 2 is 1.87 bits per heavy atom. The van der Waals surface area contributed by atoms with Crippen LogP contribution in [-0.4, -0.2) is 34.9 Å². The van der Waals surface area contributed by atoms with E-state index in [2.05, 4.69) is 10.6 Å². The molecule has 0 saturated heterocycles. The highest BCUT2D eigenvalue weighted by atomic mass is 35.5. The SMILES string of the molecule is Cc1cc(Cl)ccc1OC(C)(C)C(=O)NC1[C@@H]2CC3C[C@H]1CC(NC(=O)CCl)(C3)C2. The molecule has 2 amide bonds. The fourth-order valence-electron chi connectivity index (χ4n) is 6.12. The highest BCUT2D eigenvalue weighted by molar-refractivity contribution is 6.30. The van der Waals surface area contributed by atoms with E-state index in [0.717, 1.165) is 37.7 Å². The third-order valence-corrected chi connectivity index (χ3v) is 7.62. The molecule has 0 heterocycles. The van der Waals surface area contributed by atoms with E-state index in [1.165, 1.54) is 0 Å². The molecule has 0 aromatic heterocycles. The summed E-state index contributed by atoms with van der Waals surface area (Å²) in [5, 5.41) is 7.16. The first-order valence-corrected chi connectivity index (χ1v) is 11.7. The quantitative estimate of drug-likeness (QED) is 0.634. The smallest absolute Gasteiger partial charge is 0.263 e. The molecule has 4 fully saturated rings. The molecule has 1 aromatic rings. The van der Waals surface area contributed by atoms with Gasteiger partial charge in [0.15, 0.2) is 5.60 Å². The number of rotatable bonds is 6. The number of benzene rings is 1. The molecular weight excluding hydrogens is 423 g/mol. The number of hydrogen-bond donors (Lipinski definition) is 2. The maximum atomic E-state index is 13.2. The minimum atomic E-state index is -1.00. The van der Waals surface area contributed by atoms with Gasteiger partial charge in [0.2, 0.25) is 5.91 Å². The molecule has 4 bridgehead atoms. The highest BCUT2D eigenvalue weighted by Crippen LogP contribution is 2.55. The van der Waals surface area contributed by atoms with Crippen LogP contribution in [0.1, 0.15) is 51.5 Å². The first-order valence-electron chi connectivity index (χ1n) is 10.7. The molecule has 0 aliphatic heterocycles. The van der Waals surface area contributed by atoms with Crippen molar-refractivity contribution in [3.8, 4) is 5.75 Å². The number of nitrogens with one attached hydrogen (secondary N) is 2. The van der Waals surface area contributed by atoms with Gasteiger partial charge in [-0.05, 0) is 94.4 Å². The fourth-order valence-corrected chi connectivity index (χ4v) is 6.41. The molecule has 5 atom stereocenters. The highest BCUT2D eigenvalue weighted by Gasteiger charge is 2.56. The van der Waals surface area contributed by atoms with Crippen molar-refractivity contribution in [3.05, 3.63) is 28.8 Å². The van der Waals surface area contributed by atoms with Crippen LogP contribution in [0.4, 0.5) is 0 Å². The lowest BCUT2D eigenvalue weighted by atomic mass is 9.51. The molecule has 5 rings (SSSR count). The largest absolute Gasteiger partial charge is 0.478 e. The van der Waals surface area contributed by atoms with E-state index in [4.69, 9.17) is 27.9 Å². The third kappa shape index (κ3) is 4.16. The van der Waals surface area contributed by atoms with Crippen molar-refractivity contribution in [2.75, 3.05) is 5.88 Å². The second-order valence-corrected chi connectivity index (χ2v) is 10.7.